The van der Waals surface area contributed by atoms with Gasteiger partial charge in [0.15, 0.2) is 0 Å². The number of nitro benzene ring substituents is 1. The molecule has 0 spiro atoms. The third-order valence-electron chi connectivity index (χ3n) is 3.02. The van der Waals surface area contributed by atoms with Gasteiger partial charge in [-0.05, 0) is 37.9 Å². The number of nitrogens with one attached hydrogen (secondary N) is 1. The monoisotopic (exact) mass is 295 g/mol. The van der Waals surface area contributed by atoms with Crippen molar-refractivity contribution in [2.75, 3.05) is 18.5 Å². The largest absolute Gasteiger partial charge is 0.494 e. The summed E-state index contributed by atoms with van der Waals surface area (Å²) in [5, 5.41) is 13.6. The minimum atomic E-state index is -0.541. The number of hydrogen-bond donors (Lipinski definition) is 2. The van der Waals surface area contributed by atoms with Crippen molar-refractivity contribution in [3.63, 3.8) is 0 Å². The molecule has 0 fully saturated rings. The van der Waals surface area contributed by atoms with Crippen LogP contribution in [0.4, 0.5) is 11.4 Å². The number of hydrogen-bond acceptors (Lipinski definition) is 5. The molecule has 21 heavy (non-hydrogen) atoms. The number of carbonyl (C=O) groups is 1. The fourth-order valence-electron chi connectivity index (χ4n) is 1.73. The van der Waals surface area contributed by atoms with Gasteiger partial charge in [0.05, 0.1) is 17.6 Å². The van der Waals surface area contributed by atoms with Crippen LogP contribution in [0.1, 0.15) is 26.7 Å². The molecular formula is C14H21N3O4. The Hall–Kier alpha value is -2.15. The molecule has 0 aliphatic rings. The van der Waals surface area contributed by atoms with Crippen LogP contribution in [0.5, 0.6) is 5.75 Å². The molecule has 0 saturated carbocycles. The summed E-state index contributed by atoms with van der Waals surface area (Å²) in [6.07, 6.45) is 0.926. The Kier molecular flexibility index (Phi) is 6.61. The number of nitrogens with zero attached hydrogens (tertiary/aromatic N) is 1. The fourth-order valence-corrected chi connectivity index (χ4v) is 1.73. The lowest BCUT2D eigenvalue weighted by atomic mass is 10.1. The third-order valence-corrected chi connectivity index (χ3v) is 3.02. The summed E-state index contributed by atoms with van der Waals surface area (Å²) >= 11 is 0. The zero-order valence-electron chi connectivity index (χ0n) is 12.3. The Labute approximate surface area is 123 Å². The molecule has 7 nitrogen and oxygen atoms in total. The van der Waals surface area contributed by atoms with Crippen molar-refractivity contribution in [1.29, 1.82) is 0 Å². The van der Waals surface area contributed by atoms with Gasteiger partial charge in [-0.1, -0.05) is 6.92 Å². The summed E-state index contributed by atoms with van der Waals surface area (Å²) in [7, 11) is 0. The zero-order valence-corrected chi connectivity index (χ0v) is 12.3. The average Bonchev–Trinajstić information content (AvgIpc) is 2.46. The molecule has 1 rings (SSSR count). The normalized spacial score (nSPS) is 11.8. The van der Waals surface area contributed by atoms with Crippen LogP contribution in [0.15, 0.2) is 18.2 Å². The molecule has 1 atom stereocenters. The molecule has 1 aromatic carbocycles. The van der Waals surface area contributed by atoms with E-state index in [1.807, 2.05) is 6.92 Å². The van der Waals surface area contributed by atoms with E-state index >= 15 is 0 Å². The molecule has 0 bridgehead atoms. The maximum atomic E-state index is 11.8. The zero-order chi connectivity index (χ0) is 15.8. The molecular weight excluding hydrogens is 274 g/mol. The van der Waals surface area contributed by atoms with Crippen LogP contribution < -0.4 is 15.8 Å². The molecule has 1 unspecified atom stereocenters. The SMILES string of the molecule is CCOc1ccc(NC(=O)CCC(C)CN)c([N+](=O)[O-])c1. The predicted molar refractivity (Wildman–Crippen MR) is 80.3 cm³/mol. The second kappa shape index (κ2) is 8.21. The van der Waals surface area contributed by atoms with Gasteiger partial charge in [-0.25, -0.2) is 0 Å². The highest BCUT2D eigenvalue weighted by atomic mass is 16.6. The first-order chi connectivity index (χ1) is 9.97. The molecule has 0 aliphatic carbocycles. The topological polar surface area (TPSA) is 107 Å². The molecule has 1 amide bonds. The van der Waals surface area contributed by atoms with E-state index < -0.39 is 4.92 Å². The van der Waals surface area contributed by atoms with Gasteiger partial charge < -0.3 is 15.8 Å². The lowest BCUT2D eigenvalue weighted by Crippen LogP contribution is -2.17. The summed E-state index contributed by atoms with van der Waals surface area (Å²) in [6, 6.07) is 4.38. The lowest BCUT2D eigenvalue weighted by molar-refractivity contribution is -0.384. The van der Waals surface area contributed by atoms with Crippen LogP contribution in [-0.2, 0) is 4.79 Å². The minimum Gasteiger partial charge on any atom is -0.494 e. The van der Waals surface area contributed by atoms with Crippen molar-refractivity contribution >= 4 is 17.3 Å². The summed E-state index contributed by atoms with van der Waals surface area (Å²) in [4.78, 5) is 22.3. The van der Waals surface area contributed by atoms with E-state index in [9.17, 15) is 14.9 Å². The highest BCUT2D eigenvalue weighted by Crippen LogP contribution is 2.29. The Morgan fingerprint density at radius 2 is 2.24 bits per heavy atom. The maximum absolute atomic E-state index is 11.8. The van der Waals surface area contributed by atoms with Gasteiger partial charge in [-0.3, -0.25) is 14.9 Å². The van der Waals surface area contributed by atoms with Crippen LogP contribution in [0.2, 0.25) is 0 Å². The van der Waals surface area contributed by atoms with Gasteiger partial charge in [0.25, 0.3) is 5.69 Å². The lowest BCUT2D eigenvalue weighted by Gasteiger charge is -2.10. The first-order valence-corrected chi connectivity index (χ1v) is 6.89. The number of ether oxygens (including phenoxy) is 1. The van der Waals surface area contributed by atoms with Gasteiger partial charge >= 0.3 is 0 Å². The predicted octanol–water partition coefficient (Wildman–Crippen LogP) is 2.31. The van der Waals surface area contributed by atoms with Crippen LogP contribution in [-0.4, -0.2) is 24.0 Å². The quantitative estimate of drug-likeness (QED) is 0.565. The van der Waals surface area contributed by atoms with Crippen LogP contribution >= 0.6 is 0 Å². The Balaban J connectivity index is 2.77. The molecule has 1 aromatic rings. The van der Waals surface area contributed by atoms with Crippen molar-refractivity contribution in [2.24, 2.45) is 11.7 Å². The van der Waals surface area contributed by atoms with E-state index in [0.717, 1.165) is 0 Å². The van der Waals surface area contributed by atoms with Gasteiger partial charge in [-0.2, -0.15) is 0 Å². The molecule has 0 saturated heterocycles. The van der Waals surface area contributed by atoms with Gasteiger partial charge in [0.2, 0.25) is 5.91 Å². The van der Waals surface area contributed by atoms with Crippen molar-refractivity contribution in [2.45, 2.75) is 26.7 Å². The van der Waals surface area contributed by atoms with E-state index in [0.29, 0.717) is 25.3 Å². The van der Waals surface area contributed by atoms with E-state index in [1.165, 1.54) is 12.1 Å². The van der Waals surface area contributed by atoms with Gasteiger partial charge in [0, 0.05) is 6.42 Å². The Morgan fingerprint density at radius 1 is 1.52 bits per heavy atom. The molecule has 0 aliphatic heterocycles. The number of benzene rings is 1. The summed E-state index contributed by atoms with van der Waals surface area (Å²) < 4.78 is 5.22. The molecule has 3 N–H and O–H groups in total. The van der Waals surface area contributed by atoms with E-state index in [2.05, 4.69) is 5.32 Å². The second-order valence-electron chi connectivity index (χ2n) is 4.80. The van der Waals surface area contributed by atoms with Crippen molar-refractivity contribution in [3.05, 3.63) is 28.3 Å². The highest BCUT2D eigenvalue weighted by molar-refractivity contribution is 5.93. The number of amides is 1. The fraction of sp³-hybridized carbons (Fsp3) is 0.500. The van der Waals surface area contributed by atoms with Gasteiger partial charge in [-0.15, -0.1) is 0 Å². The van der Waals surface area contributed by atoms with Crippen molar-refractivity contribution in [1.82, 2.24) is 0 Å². The summed E-state index contributed by atoms with van der Waals surface area (Å²) in [5.74, 6) is 0.382. The first-order valence-electron chi connectivity index (χ1n) is 6.89. The minimum absolute atomic E-state index is 0.175. The molecule has 0 heterocycles. The van der Waals surface area contributed by atoms with Crippen LogP contribution in [0, 0.1) is 16.0 Å². The Bertz CT molecular complexity index is 505. The number of nitrogens with two attached hydrogens (primary N) is 1. The van der Waals surface area contributed by atoms with Crippen LogP contribution in [0.25, 0.3) is 0 Å². The number of nitro groups is 1. The molecule has 7 heteroatoms. The summed E-state index contributed by atoms with van der Waals surface area (Å²) in [5.41, 5.74) is 5.48. The Morgan fingerprint density at radius 3 is 2.81 bits per heavy atom. The standard InChI is InChI=1S/C14H21N3O4/c1-3-21-11-5-6-12(13(8-11)17(19)20)16-14(18)7-4-10(2)9-15/h5-6,8,10H,3-4,7,9,15H2,1-2H3,(H,16,18). The first kappa shape index (κ1) is 16.9. The molecule has 0 aromatic heterocycles. The van der Waals surface area contributed by atoms with Crippen LogP contribution in [0.3, 0.4) is 0 Å². The third kappa shape index (κ3) is 5.39. The van der Waals surface area contributed by atoms with E-state index in [4.69, 9.17) is 10.5 Å². The maximum Gasteiger partial charge on any atom is 0.296 e. The van der Waals surface area contributed by atoms with Crippen molar-refractivity contribution < 1.29 is 14.5 Å². The molecule has 116 valence electrons. The molecule has 0 radical (unpaired) electrons. The average molecular weight is 295 g/mol. The number of anilines is 1. The highest BCUT2D eigenvalue weighted by Gasteiger charge is 2.17. The van der Waals surface area contributed by atoms with E-state index in [1.54, 1.807) is 13.0 Å². The number of carbonyl (C=O) groups excluding carboxylic acids is 1. The van der Waals surface area contributed by atoms with Gasteiger partial charge in [0.1, 0.15) is 11.4 Å². The summed E-state index contributed by atoms with van der Waals surface area (Å²) in [6.45, 7) is 4.67. The van der Waals surface area contributed by atoms with E-state index in [-0.39, 0.29) is 29.6 Å². The van der Waals surface area contributed by atoms with Crippen molar-refractivity contribution in [3.8, 4) is 5.75 Å². The number of rotatable bonds is 8. The second-order valence-corrected chi connectivity index (χ2v) is 4.80. The smallest absolute Gasteiger partial charge is 0.296 e.